The van der Waals surface area contributed by atoms with Crippen LogP contribution in [0.15, 0.2) is 0 Å². The summed E-state index contributed by atoms with van der Waals surface area (Å²) in [6.07, 6.45) is 0.480. The van der Waals surface area contributed by atoms with E-state index in [0.29, 0.717) is 38.7 Å². The van der Waals surface area contributed by atoms with Crippen molar-refractivity contribution in [2.45, 2.75) is 33.2 Å². The smallest absolute Gasteiger partial charge is 0.320 e. The van der Waals surface area contributed by atoms with Gasteiger partial charge < -0.3 is 19.9 Å². The summed E-state index contributed by atoms with van der Waals surface area (Å²) in [5.41, 5.74) is 0. The van der Waals surface area contributed by atoms with E-state index in [1.807, 2.05) is 6.92 Å². The van der Waals surface area contributed by atoms with E-state index in [-0.39, 0.29) is 0 Å². The fourth-order valence-corrected chi connectivity index (χ4v) is 1.30. The van der Waals surface area contributed by atoms with Gasteiger partial charge in [0.2, 0.25) is 0 Å². The third kappa shape index (κ3) is 10.2. The molecule has 17 heavy (non-hydrogen) atoms. The second kappa shape index (κ2) is 10.5. The lowest BCUT2D eigenvalue weighted by Crippen LogP contribution is -2.37. The quantitative estimate of drug-likeness (QED) is 0.536. The number of carboxylic acids is 1. The van der Waals surface area contributed by atoms with Crippen LogP contribution in [0.4, 0.5) is 0 Å². The molecule has 0 radical (unpaired) electrons. The molecule has 5 heteroatoms. The molecule has 5 nitrogen and oxygen atoms in total. The van der Waals surface area contributed by atoms with E-state index in [1.54, 1.807) is 0 Å². The molecule has 0 aliphatic heterocycles. The van der Waals surface area contributed by atoms with Gasteiger partial charge in [0.25, 0.3) is 0 Å². The Morgan fingerprint density at radius 2 is 1.88 bits per heavy atom. The van der Waals surface area contributed by atoms with E-state index in [2.05, 4.69) is 19.2 Å². The first-order chi connectivity index (χ1) is 8.07. The Kier molecular flexibility index (Phi) is 10.1. The fourth-order valence-electron chi connectivity index (χ4n) is 1.30. The highest BCUT2D eigenvalue weighted by molar-refractivity contribution is 5.73. The van der Waals surface area contributed by atoms with Crippen molar-refractivity contribution in [1.82, 2.24) is 5.32 Å². The monoisotopic (exact) mass is 247 g/mol. The highest BCUT2D eigenvalue weighted by Gasteiger charge is 2.14. The van der Waals surface area contributed by atoms with Gasteiger partial charge in [-0.05, 0) is 18.9 Å². The Morgan fingerprint density at radius 1 is 1.24 bits per heavy atom. The first-order valence-corrected chi connectivity index (χ1v) is 6.19. The zero-order valence-electron chi connectivity index (χ0n) is 11.1. The van der Waals surface area contributed by atoms with Gasteiger partial charge in [-0.2, -0.15) is 0 Å². The number of nitrogens with one attached hydrogen (secondary N) is 1. The first-order valence-electron chi connectivity index (χ1n) is 6.19. The largest absolute Gasteiger partial charge is 0.480 e. The minimum Gasteiger partial charge on any atom is -0.480 e. The van der Waals surface area contributed by atoms with Crippen molar-refractivity contribution in [2.75, 3.05) is 33.0 Å². The maximum Gasteiger partial charge on any atom is 0.320 e. The molecule has 2 N–H and O–H groups in total. The standard InChI is InChI=1S/C12H25NO4/c1-4-13-11(12(14)15)5-6-16-7-8-17-9-10(2)3/h10-11,13H,4-9H2,1-3H3,(H,14,15). The van der Waals surface area contributed by atoms with Gasteiger partial charge in [-0.1, -0.05) is 20.8 Å². The van der Waals surface area contributed by atoms with Crippen LogP contribution in [0.3, 0.4) is 0 Å². The van der Waals surface area contributed by atoms with Crippen LogP contribution < -0.4 is 5.32 Å². The molecule has 1 unspecified atom stereocenters. The van der Waals surface area contributed by atoms with Crippen molar-refractivity contribution in [3.63, 3.8) is 0 Å². The molecule has 0 bridgehead atoms. The predicted molar refractivity (Wildman–Crippen MR) is 66.2 cm³/mol. The van der Waals surface area contributed by atoms with Crippen LogP contribution in [0, 0.1) is 5.92 Å². The lowest BCUT2D eigenvalue weighted by molar-refractivity contribution is -0.140. The molecule has 0 amide bonds. The van der Waals surface area contributed by atoms with Gasteiger partial charge in [0.05, 0.1) is 13.2 Å². The van der Waals surface area contributed by atoms with Gasteiger partial charge in [-0.15, -0.1) is 0 Å². The molecule has 0 aliphatic rings. The Hall–Kier alpha value is -0.650. The molecule has 0 aliphatic carbocycles. The maximum absolute atomic E-state index is 10.8. The second-order valence-electron chi connectivity index (χ2n) is 4.32. The topological polar surface area (TPSA) is 67.8 Å². The number of ether oxygens (including phenoxy) is 2. The highest BCUT2D eigenvalue weighted by atomic mass is 16.5. The average molecular weight is 247 g/mol. The fraction of sp³-hybridized carbons (Fsp3) is 0.917. The van der Waals surface area contributed by atoms with Crippen LogP contribution in [-0.2, 0) is 14.3 Å². The Morgan fingerprint density at radius 3 is 2.41 bits per heavy atom. The summed E-state index contributed by atoms with van der Waals surface area (Å²) in [4.78, 5) is 10.8. The van der Waals surface area contributed by atoms with Crippen molar-refractivity contribution in [2.24, 2.45) is 5.92 Å². The predicted octanol–water partition coefficient (Wildman–Crippen LogP) is 1.13. The molecule has 0 saturated heterocycles. The van der Waals surface area contributed by atoms with Gasteiger partial charge in [0, 0.05) is 13.2 Å². The van der Waals surface area contributed by atoms with Gasteiger partial charge in [0.15, 0.2) is 0 Å². The molecule has 0 rings (SSSR count). The molecule has 0 aromatic heterocycles. The van der Waals surface area contributed by atoms with Crippen LogP contribution in [0.5, 0.6) is 0 Å². The number of carboxylic acid groups (broad SMARTS) is 1. The summed E-state index contributed by atoms with van der Waals surface area (Å²) in [7, 11) is 0. The Balaban J connectivity index is 3.39. The van der Waals surface area contributed by atoms with E-state index in [4.69, 9.17) is 14.6 Å². The maximum atomic E-state index is 10.8. The minimum atomic E-state index is -0.827. The third-order valence-corrected chi connectivity index (χ3v) is 2.12. The zero-order valence-corrected chi connectivity index (χ0v) is 11.1. The molecular formula is C12H25NO4. The van der Waals surface area contributed by atoms with Crippen molar-refractivity contribution in [3.05, 3.63) is 0 Å². The normalized spacial score (nSPS) is 12.9. The third-order valence-electron chi connectivity index (χ3n) is 2.12. The van der Waals surface area contributed by atoms with Crippen LogP contribution in [-0.4, -0.2) is 50.1 Å². The van der Waals surface area contributed by atoms with Crippen LogP contribution >= 0.6 is 0 Å². The van der Waals surface area contributed by atoms with Crippen molar-refractivity contribution in [3.8, 4) is 0 Å². The second-order valence-corrected chi connectivity index (χ2v) is 4.32. The summed E-state index contributed by atoms with van der Waals surface area (Å²) in [5.74, 6) is -0.299. The lowest BCUT2D eigenvalue weighted by atomic mass is 10.2. The van der Waals surface area contributed by atoms with E-state index in [1.165, 1.54) is 0 Å². The van der Waals surface area contributed by atoms with E-state index in [0.717, 1.165) is 6.61 Å². The molecule has 0 fully saturated rings. The van der Waals surface area contributed by atoms with Crippen LogP contribution in [0.2, 0.25) is 0 Å². The molecular weight excluding hydrogens is 222 g/mol. The number of aliphatic carboxylic acids is 1. The molecule has 0 heterocycles. The van der Waals surface area contributed by atoms with Crippen molar-refractivity contribution >= 4 is 5.97 Å². The highest BCUT2D eigenvalue weighted by Crippen LogP contribution is 1.95. The average Bonchev–Trinajstić information content (AvgIpc) is 2.25. The summed E-state index contributed by atoms with van der Waals surface area (Å²) in [5, 5.41) is 11.8. The molecule has 1 atom stereocenters. The molecule has 0 aromatic rings. The van der Waals surface area contributed by atoms with E-state index in [9.17, 15) is 4.79 Å². The van der Waals surface area contributed by atoms with Gasteiger partial charge >= 0.3 is 5.97 Å². The summed E-state index contributed by atoms with van der Waals surface area (Å²) in [6, 6.07) is -0.517. The van der Waals surface area contributed by atoms with E-state index < -0.39 is 12.0 Å². The van der Waals surface area contributed by atoms with Crippen LogP contribution in [0.1, 0.15) is 27.2 Å². The van der Waals surface area contributed by atoms with E-state index >= 15 is 0 Å². The van der Waals surface area contributed by atoms with Crippen molar-refractivity contribution < 1.29 is 19.4 Å². The number of hydrogen-bond donors (Lipinski definition) is 2. The van der Waals surface area contributed by atoms with Crippen LogP contribution in [0.25, 0.3) is 0 Å². The summed E-state index contributed by atoms with van der Waals surface area (Å²) in [6.45, 7) is 8.98. The first kappa shape index (κ1) is 16.4. The molecule has 0 spiro atoms. The number of hydrogen-bond acceptors (Lipinski definition) is 4. The van der Waals surface area contributed by atoms with Gasteiger partial charge in [0.1, 0.15) is 6.04 Å². The molecule has 102 valence electrons. The summed E-state index contributed by atoms with van der Waals surface area (Å²) >= 11 is 0. The minimum absolute atomic E-state index is 0.439. The molecule has 0 aromatic carbocycles. The van der Waals surface area contributed by atoms with Gasteiger partial charge in [-0.3, -0.25) is 4.79 Å². The zero-order chi connectivity index (χ0) is 13.1. The van der Waals surface area contributed by atoms with Crippen molar-refractivity contribution in [1.29, 1.82) is 0 Å². The Bertz CT molecular complexity index is 197. The SMILES string of the molecule is CCNC(CCOCCOCC(C)C)C(=O)O. The number of rotatable bonds is 11. The summed E-state index contributed by atoms with van der Waals surface area (Å²) < 4.78 is 10.7. The number of likely N-dealkylation sites (N-methyl/N-ethyl adjacent to an activating group) is 1. The molecule has 0 saturated carbocycles. The number of carbonyl (C=O) groups is 1. The lowest BCUT2D eigenvalue weighted by Gasteiger charge is -2.13. The Labute approximate surface area is 103 Å². The van der Waals surface area contributed by atoms with Gasteiger partial charge in [-0.25, -0.2) is 0 Å².